The number of aryl methyl sites for hydroxylation is 1. The van der Waals surface area contributed by atoms with Crippen LogP contribution in [0.15, 0.2) is 24.3 Å². The molecule has 0 bridgehead atoms. The molecule has 0 radical (unpaired) electrons. The number of nitrogens with one attached hydrogen (secondary N) is 1. The van der Waals surface area contributed by atoms with E-state index >= 15 is 0 Å². The average molecular weight is 207 g/mol. The van der Waals surface area contributed by atoms with Gasteiger partial charge in [0.2, 0.25) is 5.91 Å². The minimum Gasteiger partial charge on any atom is -0.396 e. The van der Waals surface area contributed by atoms with Gasteiger partial charge in [-0.15, -0.1) is 0 Å². The Hall–Kier alpha value is -1.35. The SMILES string of the molecule is Cc1ccc(NC(=O)CCCCO)cc1. The molecule has 3 nitrogen and oxygen atoms in total. The first-order valence-corrected chi connectivity index (χ1v) is 5.20. The molecule has 3 heteroatoms. The van der Waals surface area contributed by atoms with E-state index in [4.69, 9.17) is 5.11 Å². The first-order chi connectivity index (χ1) is 7.22. The molecule has 0 fully saturated rings. The Morgan fingerprint density at radius 3 is 2.53 bits per heavy atom. The number of hydrogen-bond acceptors (Lipinski definition) is 2. The number of hydrogen-bond donors (Lipinski definition) is 2. The van der Waals surface area contributed by atoms with Gasteiger partial charge in [0.25, 0.3) is 0 Å². The molecule has 1 aromatic rings. The molecule has 1 aromatic carbocycles. The van der Waals surface area contributed by atoms with Crippen LogP contribution in [0.4, 0.5) is 5.69 Å². The molecule has 0 saturated heterocycles. The lowest BCUT2D eigenvalue weighted by molar-refractivity contribution is -0.116. The lowest BCUT2D eigenvalue weighted by atomic mass is 10.2. The second-order valence-corrected chi connectivity index (χ2v) is 3.59. The number of anilines is 1. The Balaban J connectivity index is 2.34. The number of aliphatic hydroxyl groups is 1. The van der Waals surface area contributed by atoms with Crippen LogP contribution in [0.5, 0.6) is 0 Å². The normalized spacial score (nSPS) is 10.0. The summed E-state index contributed by atoms with van der Waals surface area (Å²) in [5.41, 5.74) is 2.00. The third-order valence-corrected chi connectivity index (χ3v) is 2.15. The number of aliphatic hydroxyl groups excluding tert-OH is 1. The van der Waals surface area contributed by atoms with Gasteiger partial charge in [-0.2, -0.15) is 0 Å². The molecular weight excluding hydrogens is 190 g/mol. The van der Waals surface area contributed by atoms with E-state index in [9.17, 15) is 4.79 Å². The van der Waals surface area contributed by atoms with Crippen LogP contribution in [-0.2, 0) is 4.79 Å². The summed E-state index contributed by atoms with van der Waals surface area (Å²) >= 11 is 0. The van der Waals surface area contributed by atoms with Crippen LogP contribution in [0.25, 0.3) is 0 Å². The Morgan fingerprint density at radius 2 is 1.93 bits per heavy atom. The third-order valence-electron chi connectivity index (χ3n) is 2.15. The van der Waals surface area contributed by atoms with Gasteiger partial charge in [0.15, 0.2) is 0 Å². The summed E-state index contributed by atoms with van der Waals surface area (Å²) in [7, 11) is 0. The van der Waals surface area contributed by atoms with E-state index in [1.54, 1.807) is 0 Å². The first kappa shape index (κ1) is 11.7. The van der Waals surface area contributed by atoms with Crippen LogP contribution in [0.3, 0.4) is 0 Å². The maximum Gasteiger partial charge on any atom is 0.224 e. The van der Waals surface area contributed by atoms with Gasteiger partial charge in [-0.05, 0) is 31.9 Å². The maximum absolute atomic E-state index is 11.4. The zero-order chi connectivity index (χ0) is 11.1. The van der Waals surface area contributed by atoms with Gasteiger partial charge in [0.1, 0.15) is 0 Å². The summed E-state index contributed by atoms with van der Waals surface area (Å²) in [4.78, 5) is 11.4. The molecule has 0 spiro atoms. The monoisotopic (exact) mass is 207 g/mol. The maximum atomic E-state index is 11.4. The molecule has 2 N–H and O–H groups in total. The van der Waals surface area contributed by atoms with Gasteiger partial charge in [0.05, 0.1) is 0 Å². The van der Waals surface area contributed by atoms with Gasteiger partial charge < -0.3 is 10.4 Å². The molecule has 0 saturated carbocycles. The van der Waals surface area contributed by atoms with Crippen molar-refractivity contribution in [3.05, 3.63) is 29.8 Å². The van der Waals surface area contributed by atoms with Crippen molar-refractivity contribution >= 4 is 11.6 Å². The van der Waals surface area contributed by atoms with E-state index in [-0.39, 0.29) is 12.5 Å². The summed E-state index contributed by atoms with van der Waals surface area (Å²) in [5, 5.41) is 11.4. The molecule has 0 atom stereocenters. The highest BCUT2D eigenvalue weighted by Gasteiger charge is 2.01. The van der Waals surface area contributed by atoms with Crippen molar-refractivity contribution in [1.82, 2.24) is 0 Å². The summed E-state index contributed by atoms with van der Waals surface area (Å²) < 4.78 is 0. The van der Waals surface area contributed by atoms with Crippen LogP contribution in [0.1, 0.15) is 24.8 Å². The third kappa shape index (κ3) is 4.61. The van der Waals surface area contributed by atoms with Gasteiger partial charge in [0, 0.05) is 18.7 Å². The van der Waals surface area contributed by atoms with Gasteiger partial charge in [-0.25, -0.2) is 0 Å². The van der Waals surface area contributed by atoms with Crippen molar-refractivity contribution in [2.24, 2.45) is 0 Å². The van der Waals surface area contributed by atoms with Crippen LogP contribution in [-0.4, -0.2) is 17.6 Å². The fraction of sp³-hybridized carbons (Fsp3) is 0.417. The average Bonchev–Trinajstić information content (AvgIpc) is 2.22. The molecule has 0 aliphatic heterocycles. The first-order valence-electron chi connectivity index (χ1n) is 5.20. The Bertz CT molecular complexity index is 306. The molecule has 15 heavy (non-hydrogen) atoms. The lowest BCUT2D eigenvalue weighted by Gasteiger charge is -2.04. The van der Waals surface area contributed by atoms with E-state index in [1.165, 1.54) is 5.56 Å². The van der Waals surface area contributed by atoms with E-state index in [0.717, 1.165) is 12.1 Å². The Labute approximate surface area is 90.1 Å². The van der Waals surface area contributed by atoms with E-state index < -0.39 is 0 Å². The van der Waals surface area contributed by atoms with Crippen molar-refractivity contribution in [2.45, 2.75) is 26.2 Å². The number of unbranched alkanes of at least 4 members (excludes halogenated alkanes) is 1. The highest BCUT2D eigenvalue weighted by atomic mass is 16.2. The number of carbonyl (C=O) groups excluding carboxylic acids is 1. The van der Waals surface area contributed by atoms with Crippen LogP contribution in [0, 0.1) is 6.92 Å². The Kier molecular flexibility index (Phi) is 4.84. The van der Waals surface area contributed by atoms with E-state index in [0.29, 0.717) is 12.8 Å². The minimum absolute atomic E-state index is 0.00676. The molecule has 1 amide bonds. The van der Waals surface area contributed by atoms with Gasteiger partial charge in [-0.1, -0.05) is 17.7 Å². The predicted octanol–water partition coefficient (Wildman–Crippen LogP) is 2.10. The largest absolute Gasteiger partial charge is 0.396 e. The second kappa shape index (κ2) is 6.19. The summed E-state index contributed by atoms with van der Waals surface area (Å²) in [6.07, 6.45) is 1.88. The topological polar surface area (TPSA) is 49.3 Å². The fourth-order valence-corrected chi connectivity index (χ4v) is 1.26. The summed E-state index contributed by atoms with van der Waals surface area (Å²) in [5.74, 6) is 0.00676. The fourth-order valence-electron chi connectivity index (χ4n) is 1.26. The molecule has 0 aliphatic rings. The lowest BCUT2D eigenvalue weighted by Crippen LogP contribution is -2.11. The summed E-state index contributed by atoms with van der Waals surface area (Å²) in [6.45, 7) is 2.16. The van der Waals surface area contributed by atoms with Crippen LogP contribution < -0.4 is 5.32 Å². The van der Waals surface area contributed by atoms with Crippen molar-refractivity contribution in [1.29, 1.82) is 0 Å². The number of amides is 1. The zero-order valence-corrected chi connectivity index (χ0v) is 8.99. The van der Waals surface area contributed by atoms with E-state index in [2.05, 4.69) is 5.32 Å². The highest BCUT2D eigenvalue weighted by molar-refractivity contribution is 5.90. The summed E-state index contributed by atoms with van der Waals surface area (Å²) in [6, 6.07) is 7.70. The predicted molar refractivity (Wildman–Crippen MR) is 60.7 cm³/mol. The molecule has 1 rings (SSSR count). The van der Waals surface area contributed by atoms with Crippen LogP contribution in [0.2, 0.25) is 0 Å². The molecule has 82 valence electrons. The van der Waals surface area contributed by atoms with Crippen molar-refractivity contribution in [3.8, 4) is 0 Å². The molecule has 0 aromatic heterocycles. The van der Waals surface area contributed by atoms with Crippen molar-refractivity contribution < 1.29 is 9.90 Å². The minimum atomic E-state index is 0.00676. The number of carbonyl (C=O) groups is 1. The second-order valence-electron chi connectivity index (χ2n) is 3.59. The zero-order valence-electron chi connectivity index (χ0n) is 8.99. The number of benzene rings is 1. The molecule has 0 heterocycles. The smallest absolute Gasteiger partial charge is 0.224 e. The molecule has 0 aliphatic carbocycles. The van der Waals surface area contributed by atoms with Gasteiger partial charge >= 0.3 is 0 Å². The quantitative estimate of drug-likeness (QED) is 0.726. The molecular formula is C12H17NO2. The van der Waals surface area contributed by atoms with Crippen molar-refractivity contribution in [3.63, 3.8) is 0 Å². The van der Waals surface area contributed by atoms with Crippen molar-refractivity contribution in [2.75, 3.05) is 11.9 Å². The standard InChI is InChI=1S/C12H17NO2/c1-10-5-7-11(8-6-10)13-12(15)4-2-3-9-14/h5-8,14H,2-4,9H2,1H3,(H,13,15). The highest BCUT2D eigenvalue weighted by Crippen LogP contribution is 2.09. The van der Waals surface area contributed by atoms with Gasteiger partial charge in [-0.3, -0.25) is 4.79 Å². The Morgan fingerprint density at radius 1 is 1.27 bits per heavy atom. The number of rotatable bonds is 5. The van der Waals surface area contributed by atoms with Crippen LogP contribution >= 0.6 is 0 Å². The molecule has 0 unspecified atom stereocenters. The van der Waals surface area contributed by atoms with E-state index in [1.807, 2.05) is 31.2 Å².